The van der Waals surface area contributed by atoms with Crippen molar-refractivity contribution < 1.29 is 23.8 Å². The molecular formula is C30H31FN4O4. The number of aromatic nitrogens is 1. The van der Waals surface area contributed by atoms with Gasteiger partial charge >= 0.3 is 6.03 Å². The summed E-state index contributed by atoms with van der Waals surface area (Å²) in [7, 11) is 1.63. The number of halogens is 1. The molecule has 39 heavy (non-hydrogen) atoms. The van der Waals surface area contributed by atoms with Crippen LogP contribution in [-0.4, -0.2) is 70.7 Å². The fourth-order valence-corrected chi connectivity index (χ4v) is 4.16. The van der Waals surface area contributed by atoms with Crippen LogP contribution in [0, 0.1) is 23.6 Å². The second kappa shape index (κ2) is 12.4. The van der Waals surface area contributed by atoms with Gasteiger partial charge in [0, 0.05) is 42.5 Å². The monoisotopic (exact) mass is 530 g/mol. The number of hydrogen-bond acceptors (Lipinski definition) is 5. The molecule has 0 unspecified atom stereocenters. The molecule has 1 aliphatic heterocycles. The minimum Gasteiger partial charge on any atom is -0.472 e. The number of anilines is 1. The highest BCUT2D eigenvalue weighted by Crippen LogP contribution is 2.27. The second-order valence-electron chi connectivity index (χ2n) is 9.63. The number of aliphatic hydroxyl groups is 1. The van der Waals surface area contributed by atoms with Gasteiger partial charge in [-0.25, -0.2) is 14.2 Å². The lowest BCUT2D eigenvalue weighted by molar-refractivity contribution is 0.0356. The van der Waals surface area contributed by atoms with Crippen molar-refractivity contribution in [3.63, 3.8) is 0 Å². The average molecular weight is 531 g/mol. The second-order valence-corrected chi connectivity index (χ2v) is 9.63. The Morgan fingerprint density at radius 1 is 1.21 bits per heavy atom. The summed E-state index contributed by atoms with van der Waals surface area (Å²) < 4.78 is 19.5. The first-order valence-electron chi connectivity index (χ1n) is 12.7. The lowest BCUT2D eigenvalue weighted by atomic mass is 10.00. The number of urea groups is 1. The molecular weight excluding hydrogens is 499 g/mol. The molecule has 0 spiro atoms. The lowest BCUT2D eigenvalue weighted by Crippen LogP contribution is -2.50. The number of amides is 3. The Bertz CT molecular complexity index is 1370. The highest BCUT2D eigenvalue weighted by atomic mass is 19.1. The van der Waals surface area contributed by atoms with E-state index >= 15 is 0 Å². The van der Waals surface area contributed by atoms with Gasteiger partial charge in [-0.1, -0.05) is 37.0 Å². The van der Waals surface area contributed by atoms with Gasteiger partial charge in [-0.05, 0) is 49.4 Å². The largest absolute Gasteiger partial charge is 0.472 e. The van der Waals surface area contributed by atoms with E-state index in [4.69, 9.17) is 4.74 Å². The number of pyridine rings is 1. The Morgan fingerprint density at radius 2 is 1.90 bits per heavy atom. The predicted octanol–water partition coefficient (Wildman–Crippen LogP) is 4.00. The van der Waals surface area contributed by atoms with Crippen LogP contribution in [0.5, 0.6) is 5.88 Å². The van der Waals surface area contributed by atoms with Crippen LogP contribution in [0.1, 0.15) is 35.3 Å². The highest BCUT2D eigenvalue weighted by Gasteiger charge is 2.34. The van der Waals surface area contributed by atoms with E-state index in [0.717, 1.165) is 5.56 Å². The van der Waals surface area contributed by atoms with Gasteiger partial charge in [0.05, 0.1) is 19.2 Å². The molecule has 0 bridgehead atoms. The number of nitrogens with zero attached hydrogens (tertiary/aromatic N) is 3. The van der Waals surface area contributed by atoms with Crippen LogP contribution in [0.15, 0.2) is 66.9 Å². The molecule has 9 heteroatoms. The van der Waals surface area contributed by atoms with E-state index in [0.29, 0.717) is 17.8 Å². The van der Waals surface area contributed by atoms with Gasteiger partial charge in [0.1, 0.15) is 17.5 Å². The number of hydrogen-bond donors (Lipinski definition) is 2. The van der Waals surface area contributed by atoms with Gasteiger partial charge in [-0.15, -0.1) is 0 Å². The Hall–Kier alpha value is -4.42. The third-order valence-corrected chi connectivity index (χ3v) is 6.54. The Kier molecular flexibility index (Phi) is 8.79. The third kappa shape index (κ3) is 6.92. The van der Waals surface area contributed by atoms with Crippen molar-refractivity contribution in [1.82, 2.24) is 14.8 Å². The van der Waals surface area contributed by atoms with Gasteiger partial charge in [-0.3, -0.25) is 4.79 Å². The maximum Gasteiger partial charge on any atom is 0.321 e. The Balaban J connectivity index is 1.59. The molecule has 0 saturated carbocycles. The fourth-order valence-electron chi connectivity index (χ4n) is 4.16. The van der Waals surface area contributed by atoms with Crippen LogP contribution in [-0.2, 0) is 0 Å². The topological polar surface area (TPSA) is 95.0 Å². The van der Waals surface area contributed by atoms with E-state index in [9.17, 15) is 19.1 Å². The minimum atomic E-state index is -0.511. The molecule has 1 aliphatic rings. The van der Waals surface area contributed by atoms with E-state index < -0.39 is 24.0 Å². The zero-order valence-corrected chi connectivity index (χ0v) is 22.1. The van der Waals surface area contributed by atoms with E-state index in [1.165, 1.54) is 29.2 Å². The molecule has 202 valence electrons. The summed E-state index contributed by atoms with van der Waals surface area (Å²) in [6.45, 7) is 3.99. The van der Waals surface area contributed by atoms with E-state index in [1.54, 1.807) is 31.1 Å². The molecule has 0 saturated heterocycles. The van der Waals surface area contributed by atoms with Crippen molar-refractivity contribution in [3.8, 4) is 17.7 Å². The summed E-state index contributed by atoms with van der Waals surface area (Å²) in [5.41, 5.74) is 2.08. The molecule has 4 rings (SSSR count). The van der Waals surface area contributed by atoms with Crippen LogP contribution >= 0.6 is 0 Å². The van der Waals surface area contributed by atoms with Gasteiger partial charge in [0.2, 0.25) is 5.88 Å². The van der Waals surface area contributed by atoms with Gasteiger partial charge in [-0.2, -0.15) is 0 Å². The number of rotatable bonds is 5. The fraction of sp³-hybridized carbons (Fsp3) is 0.300. The first kappa shape index (κ1) is 27.6. The van der Waals surface area contributed by atoms with Crippen molar-refractivity contribution in [2.75, 3.05) is 32.1 Å². The van der Waals surface area contributed by atoms with Crippen LogP contribution in [0.2, 0.25) is 0 Å². The molecule has 3 amide bonds. The SMILES string of the molecule is C[C@H](CO)N1C[C@H](C)[C@H](CN(C)C(=O)Nc2ccc(F)cc2)Oc2ncc(C#Cc3ccccc3)cc2C1=O. The zero-order valence-electron chi connectivity index (χ0n) is 22.1. The molecule has 3 aromatic rings. The maximum absolute atomic E-state index is 13.6. The summed E-state index contributed by atoms with van der Waals surface area (Å²) in [4.78, 5) is 33.9. The molecule has 1 aromatic heterocycles. The number of likely N-dealkylation sites (N-methyl/N-ethyl adjacent to an activating group) is 1. The van der Waals surface area contributed by atoms with Gasteiger partial charge in [0.25, 0.3) is 5.91 Å². The first-order chi connectivity index (χ1) is 18.7. The van der Waals surface area contributed by atoms with Crippen molar-refractivity contribution in [1.29, 1.82) is 0 Å². The number of carbonyl (C=O) groups is 2. The Labute approximate surface area is 227 Å². The molecule has 0 aliphatic carbocycles. The number of fused-ring (bicyclic) bond motifs is 1. The number of ether oxygens (including phenoxy) is 1. The Morgan fingerprint density at radius 3 is 2.59 bits per heavy atom. The van der Waals surface area contributed by atoms with Crippen LogP contribution in [0.4, 0.5) is 14.9 Å². The van der Waals surface area contributed by atoms with E-state index in [-0.39, 0.29) is 36.4 Å². The molecule has 0 radical (unpaired) electrons. The smallest absolute Gasteiger partial charge is 0.321 e. The van der Waals surface area contributed by atoms with Gasteiger partial charge < -0.3 is 25.0 Å². The summed E-state index contributed by atoms with van der Waals surface area (Å²) in [6, 6.07) is 15.8. The maximum atomic E-state index is 13.6. The molecule has 8 nitrogen and oxygen atoms in total. The molecule has 2 heterocycles. The van der Waals surface area contributed by atoms with Gasteiger partial charge in [0.15, 0.2) is 0 Å². The quantitative estimate of drug-likeness (QED) is 0.487. The van der Waals surface area contributed by atoms with Crippen molar-refractivity contribution in [2.24, 2.45) is 5.92 Å². The van der Waals surface area contributed by atoms with Crippen LogP contribution in [0.3, 0.4) is 0 Å². The average Bonchev–Trinajstić information content (AvgIpc) is 2.95. The summed E-state index contributed by atoms with van der Waals surface area (Å²) in [5.74, 6) is 5.35. The summed E-state index contributed by atoms with van der Waals surface area (Å²) in [6.07, 6.45) is 1.04. The number of benzene rings is 2. The molecule has 2 aromatic carbocycles. The number of nitrogens with one attached hydrogen (secondary N) is 1. The van der Waals surface area contributed by atoms with Crippen molar-refractivity contribution in [2.45, 2.75) is 26.0 Å². The zero-order chi connectivity index (χ0) is 27.9. The van der Waals surface area contributed by atoms with Crippen molar-refractivity contribution in [3.05, 3.63) is 89.4 Å². The predicted molar refractivity (Wildman–Crippen MR) is 146 cm³/mol. The normalized spacial score (nSPS) is 17.5. The molecule has 2 N–H and O–H groups in total. The standard InChI is InChI=1S/C30H31FN4O4/c1-20-17-35(21(2)19-36)29(37)26-15-23(10-9-22-7-5-4-6-8-22)16-32-28(26)39-27(20)18-34(3)30(38)33-25-13-11-24(31)12-14-25/h4-8,11-16,20-21,27,36H,17-19H2,1-3H3,(H,33,38)/t20-,21+,27-/m0/s1. The first-order valence-corrected chi connectivity index (χ1v) is 12.7. The third-order valence-electron chi connectivity index (χ3n) is 6.54. The van der Waals surface area contributed by atoms with Crippen LogP contribution in [0.25, 0.3) is 0 Å². The lowest BCUT2D eigenvalue weighted by Gasteiger charge is -2.37. The van der Waals surface area contributed by atoms with Crippen molar-refractivity contribution >= 4 is 17.6 Å². The summed E-state index contributed by atoms with van der Waals surface area (Å²) in [5, 5.41) is 12.6. The number of aliphatic hydroxyl groups excluding tert-OH is 1. The highest BCUT2D eigenvalue weighted by molar-refractivity contribution is 5.97. The molecule has 3 atom stereocenters. The van der Waals surface area contributed by atoms with E-state index in [2.05, 4.69) is 22.1 Å². The molecule has 0 fully saturated rings. The minimum absolute atomic E-state index is 0.143. The van der Waals surface area contributed by atoms with E-state index in [1.807, 2.05) is 37.3 Å². The summed E-state index contributed by atoms with van der Waals surface area (Å²) >= 11 is 0. The number of carbonyl (C=O) groups excluding carboxylic acids is 2. The van der Waals surface area contributed by atoms with Crippen LogP contribution < -0.4 is 10.1 Å².